The van der Waals surface area contributed by atoms with Gasteiger partial charge in [0.15, 0.2) is 0 Å². The van der Waals surface area contributed by atoms with Crippen molar-refractivity contribution >= 4 is 29.3 Å². The number of nitro benzene ring substituents is 1. The number of thioether (sulfide) groups is 1. The average Bonchev–Trinajstić information content (AvgIpc) is 2.74. The Kier molecular flexibility index (Phi) is 8.47. The van der Waals surface area contributed by atoms with E-state index in [4.69, 9.17) is 9.47 Å². The van der Waals surface area contributed by atoms with E-state index >= 15 is 0 Å². The number of hydrogen-bond donors (Lipinski definition) is 1. The van der Waals surface area contributed by atoms with Crippen LogP contribution in [0.4, 0.5) is 5.69 Å². The van der Waals surface area contributed by atoms with Crippen molar-refractivity contribution < 1.29 is 24.0 Å². The predicted octanol–water partition coefficient (Wildman–Crippen LogP) is 3.20. The molecule has 0 fully saturated rings. The molecular formula is C20H22N2O6S. The molecule has 2 aromatic rings. The number of amides is 1. The van der Waals surface area contributed by atoms with Crippen LogP contribution in [-0.2, 0) is 16.1 Å². The lowest BCUT2D eigenvalue weighted by atomic mass is 10.1. The lowest BCUT2D eigenvalue weighted by molar-refractivity contribution is -0.384. The van der Waals surface area contributed by atoms with Gasteiger partial charge in [0.1, 0.15) is 18.4 Å². The number of carbonyl (C=O) groups excluding carboxylic acids is 2. The second-order valence-corrected chi connectivity index (χ2v) is 7.02. The van der Waals surface area contributed by atoms with E-state index in [9.17, 15) is 19.7 Å². The Bertz CT molecular complexity index is 856. The second-order valence-electron chi connectivity index (χ2n) is 6.04. The Hall–Kier alpha value is -3.07. The van der Waals surface area contributed by atoms with Gasteiger partial charge in [-0.05, 0) is 48.3 Å². The minimum absolute atomic E-state index is 0.0398. The highest BCUT2D eigenvalue weighted by molar-refractivity contribution is 7.98. The number of nitro groups is 1. The summed E-state index contributed by atoms with van der Waals surface area (Å²) in [5.41, 5.74) is 0.901. The molecule has 0 spiro atoms. The number of ether oxygens (including phenoxy) is 2. The highest BCUT2D eigenvalue weighted by Gasteiger charge is 2.24. The van der Waals surface area contributed by atoms with Gasteiger partial charge in [-0.1, -0.05) is 12.1 Å². The van der Waals surface area contributed by atoms with Crippen LogP contribution in [0.5, 0.6) is 5.75 Å². The second kappa shape index (κ2) is 11.1. The smallest absolute Gasteiger partial charge is 0.329 e. The van der Waals surface area contributed by atoms with Crippen LogP contribution in [-0.4, -0.2) is 42.0 Å². The number of esters is 1. The van der Waals surface area contributed by atoms with E-state index < -0.39 is 22.8 Å². The third-order valence-corrected chi connectivity index (χ3v) is 4.72. The van der Waals surface area contributed by atoms with E-state index in [1.807, 2.05) is 6.26 Å². The van der Waals surface area contributed by atoms with Crippen LogP contribution in [0.1, 0.15) is 22.3 Å². The summed E-state index contributed by atoms with van der Waals surface area (Å²) in [5.74, 6) is 0.0677. The van der Waals surface area contributed by atoms with Gasteiger partial charge in [0.2, 0.25) is 0 Å². The average molecular weight is 418 g/mol. The summed E-state index contributed by atoms with van der Waals surface area (Å²) in [6, 6.07) is 11.7. The fourth-order valence-corrected chi connectivity index (χ4v) is 2.99. The molecule has 0 aromatic heterocycles. The van der Waals surface area contributed by atoms with Crippen molar-refractivity contribution in [3.8, 4) is 5.75 Å². The van der Waals surface area contributed by atoms with Gasteiger partial charge in [0, 0.05) is 12.1 Å². The molecule has 1 atom stereocenters. The number of hydrogen-bond acceptors (Lipinski definition) is 7. The van der Waals surface area contributed by atoms with Crippen molar-refractivity contribution in [1.82, 2.24) is 5.32 Å². The third kappa shape index (κ3) is 6.49. The van der Waals surface area contributed by atoms with Crippen molar-refractivity contribution in [1.29, 1.82) is 0 Å². The number of para-hydroxylation sites is 1. The van der Waals surface area contributed by atoms with Crippen molar-refractivity contribution in [2.45, 2.75) is 19.1 Å². The van der Waals surface area contributed by atoms with Crippen molar-refractivity contribution in [3.05, 3.63) is 69.8 Å². The fourth-order valence-electron chi connectivity index (χ4n) is 2.52. The summed E-state index contributed by atoms with van der Waals surface area (Å²) >= 11 is 1.55. The van der Waals surface area contributed by atoms with Crippen LogP contribution in [0, 0.1) is 10.1 Å². The monoisotopic (exact) mass is 418 g/mol. The first-order valence-corrected chi connectivity index (χ1v) is 10.2. The fraction of sp³-hybridized carbons (Fsp3) is 0.300. The SMILES string of the molecule is COc1ccccc1C(=O)N[C@@H](CCSC)C(=O)OCc1ccc([N+](=O)[O-])cc1. The summed E-state index contributed by atoms with van der Waals surface area (Å²) in [4.78, 5) is 35.3. The minimum Gasteiger partial charge on any atom is -0.496 e. The molecule has 1 amide bonds. The maximum atomic E-state index is 12.6. The minimum atomic E-state index is -0.821. The van der Waals surface area contributed by atoms with Gasteiger partial charge >= 0.3 is 5.97 Å². The van der Waals surface area contributed by atoms with Crippen molar-refractivity contribution in [2.75, 3.05) is 19.1 Å². The van der Waals surface area contributed by atoms with E-state index in [1.165, 1.54) is 31.4 Å². The van der Waals surface area contributed by atoms with Crippen LogP contribution >= 0.6 is 11.8 Å². The standard InChI is InChI=1S/C20H22N2O6S/c1-27-18-6-4-3-5-16(18)19(23)21-17(11-12-29-2)20(24)28-13-14-7-9-15(10-8-14)22(25)26/h3-10,17H,11-13H2,1-2H3,(H,21,23)/t17-/m0/s1. The Balaban J connectivity index is 2.03. The third-order valence-electron chi connectivity index (χ3n) is 4.08. The number of methoxy groups -OCH3 is 1. The molecule has 2 rings (SSSR count). The number of benzene rings is 2. The molecule has 0 bridgehead atoms. The predicted molar refractivity (Wildman–Crippen MR) is 110 cm³/mol. The highest BCUT2D eigenvalue weighted by atomic mass is 32.2. The molecular weight excluding hydrogens is 396 g/mol. The van der Waals surface area contributed by atoms with E-state index in [2.05, 4.69) is 5.32 Å². The highest BCUT2D eigenvalue weighted by Crippen LogP contribution is 2.18. The Labute approximate surface area is 172 Å². The largest absolute Gasteiger partial charge is 0.496 e. The lowest BCUT2D eigenvalue weighted by Gasteiger charge is -2.18. The summed E-state index contributed by atoms with van der Waals surface area (Å²) < 4.78 is 10.5. The Morgan fingerprint density at radius 3 is 2.48 bits per heavy atom. The number of rotatable bonds is 10. The first-order chi connectivity index (χ1) is 14.0. The molecule has 0 saturated carbocycles. The van der Waals surface area contributed by atoms with E-state index in [0.717, 1.165) is 0 Å². The molecule has 0 aliphatic carbocycles. The zero-order valence-electron chi connectivity index (χ0n) is 16.1. The molecule has 0 aliphatic heterocycles. The zero-order valence-corrected chi connectivity index (χ0v) is 16.9. The molecule has 0 heterocycles. The molecule has 9 heteroatoms. The molecule has 2 aromatic carbocycles. The number of non-ortho nitro benzene ring substituents is 1. The molecule has 0 aliphatic rings. The van der Waals surface area contributed by atoms with E-state index in [-0.39, 0.29) is 12.3 Å². The topological polar surface area (TPSA) is 108 Å². The molecule has 1 N–H and O–H groups in total. The number of nitrogens with one attached hydrogen (secondary N) is 1. The number of nitrogens with zero attached hydrogens (tertiary/aromatic N) is 1. The summed E-state index contributed by atoms with van der Waals surface area (Å²) in [7, 11) is 1.47. The van der Waals surface area contributed by atoms with Crippen LogP contribution in [0.3, 0.4) is 0 Å². The van der Waals surface area contributed by atoms with Gasteiger partial charge in [-0.2, -0.15) is 11.8 Å². The summed E-state index contributed by atoms with van der Waals surface area (Å²) in [6.45, 7) is -0.0445. The normalized spacial score (nSPS) is 11.4. The van der Waals surface area contributed by atoms with Crippen LogP contribution in [0.15, 0.2) is 48.5 Å². The summed E-state index contributed by atoms with van der Waals surface area (Å²) in [6.07, 6.45) is 2.31. The zero-order chi connectivity index (χ0) is 21.2. The molecule has 0 radical (unpaired) electrons. The van der Waals surface area contributed by atoms with Crippen LogP contribution < -0.4 is 10.1 Å². The van der Waals surface area contributed by atoms with Crippen molar-refractivity contribution in [2.24, 2.45) is 0 Å². The summed E-state index contributed by atoms with van der Waals surface area (Å²) in [5, 5.41) is 13.4. The lowest BCUT2D eigenvalue weighted by Crippen LogP contribution is -2.42. The van der Waals surface area contributed by atoms with Crippen LogP contribution in [0.2, 0.25) is 0 Å². The first-order valence-electron chi connectivity index (χ1n) is 8.79. The van der Waals surface area contributed by atoms with Gasteiger partial charge in [-0.15, -0.1) is 0 Å². The van der Waals surface area contributed by atoms with Crippen molar-refractivity contribution in [3.63, 3.8) is 0 Å². The van der Waals surface area contributed by atoms with Gasteiger partial charge < -0.3 is 14.8 Å². The maximum absolute atomic E-state index is 12.6. The van der Waals surface area contributed by atoms with E-state index in [0.29, 0.717) is 29.1 Å². The van der Waals surface area contributed by atoms with Crippen LogP contribution in [0.25, 0.3) is 0 Å². The quantitative estimate of drug-likeness (QED) is 0.359. The van der Waals surface area contributed by atoms with Gasteiger partial charge in [-0.3, -0.25) is 14.9 Å². The van der Waals surface area contributed by atoms with Gasteiger partial charge in [0.25, 0.3) is 11.6 Å². The molecule has 0 unspecified atom stereocenters. The molecule has 8 nitrogen and oxygen atoms in total. The first kappa shape index (κ1) is 22.2. The van der Waals surface area contributed by atoms with E-state index in [1.54, 1.807) is 36.0 Å². The Morgan fingerprint density at radius 2 is 1.86 bits per heavy atom. The van der Waals surface area contributed by atoms with Gasteiger partial charge in [-0.25, -0.2) is 4.79 Å². The van der Waals surface area contributed by atoms with Gasteiger partial charge in [0.05, 0.1) is 17.6 Å². The number of carbonyl (C=O) groups is 2. The molecule has 29 heavy (non-hydrogen) atoms. The Morgan fingerprint density at radius 1 is 1.17 bits per heavy atom. The maximum Gasteiger partial charge on any atom is 0.329 e. The molecule has 154 valence electrons. The molecule has 0 saturated heterocycles.